The third-order valence-corrected chi connectivity index (χ3v) is 3.46. The molecule has 16 heavy (non-hydrogen) atoms. The minimum atomic E-state index is 0.293. The first-order chi connectivity index (χ1) is 7.59. The minimum Gasteiger partial charge on any atom is -0.383 e. The predicted molar refractivity (Wildman–Crippen MR) is 64.5 cm³/mol. The molecule has 0 radical (unpaired) electrons. The molecule has 5 heteroatoms. The molecule has 90 valence electrons. The van der Waals surface area contributed by atoms with E-state index in [0.29, 0.717) is 28.9 Å². The summed E-state index contributed by atoms with van der Waals surface area (Å²) < 4.78 is 7.56. The Morgan fingerprint density at radius 3 is 2.94 bits per heavy atom. The summed E-state index contributed by atoms with van der Waals surface area (Å²) in [6.45, 7) is 5.11. The monoisotopic (exact) mass is 243 g/mol. The Morgan fingerprint density at radius 2 is 2.38 bits per heavy atom. The maximum Gasteiger partial charge on any atom is 0.140 e. The number of hydrogen-bond acceptors (Lipinski definition) is 3. The number of rotatable bonds is 2. The molecule has 2 N–H and O–H groups in total. The van der Waals surface area contributed by atoms with Gasteiger partial charge in [0.2, 0.25) is 0 Å². The SMILES string of the molecule is CC(C)C1CC(n2ncc(Cl)c2N)CCO1. The molecule has 1 aromatic heterocycles. The van der Waals surface area contributed by atoms with Crippen LogP contribution in [0.4, 0.5) is 5.82 Å². The van der Waals surface area contributed by atoms with Crippen molar-refractivity contribution in [3.63, 3.8) is 0 Å². The normalized spacial score (nSPS) is 26.2. The zero-order chi connectivity index (χ0) is 11.7. The maximum atomic E-state index is 5.91. The van der Waals surface area contributed by atoms with Gasteiger partial charge in [0, 0.05) is 6.61 Å². The summed E-state index contributed by atoms with van der Waals surface area (Å²) >= 11 is 5.91. The van der Waals surface area contributed by atoms with Crippen LogP contribution in [0, 0.1) is 5.92 Å². The first kappa shape index (κ1) is 11.7. The molecule has 2 rings (SSSR count). The van der Waals surface area contributed by atoms with E-state index in [1.165, 1.54) is 0 Å². The highest BCUT2D eigenvalue weighted by molar-refractivity contribution is 6.32. The van der Waals surface area contributed by atoms with Crippen molar-refractivity contribution in [2.45, 2.75) is 38.8 Å². The van der Waals surface area contributed by atoms with E-state index in [2.05, 4.69) is 18.9 Å². The fraction of sp³-hybridized carbons (Fsp3) is 0.727. The highest BCUT2D eigenvalue weighted by atomic mass is 35.5. The Balaban J connectivity index is 2.13. The Morgan fingerprint density at radius 1 is 1.62 bits per heavy atom. The summed E-state index contributed by atoms with van der Waals surface area (Å²) in [7, 11) is 0. The lowest BCUT2D eigenvalue weighted by Gasteiger charge is -2.32. The van der Waals surface area contributed by atoms with Crippen LogP contribution in [0.2, 0.25) is 5.02 Å². The topological polar surface area (TPSA) is 53.1 Å². The number of nitrogens with two attached hydrogens (primary N) is 1. The summed E-state index contributed by atoms with van der Waals surface area (Å²) in [6.07, 6.45) is 3.81. The molecule has 1 saturated heterocycles. The van der Waals surface area contributed by atoms with Gasteiger partial charge < -0.3 is 10.5 Å². The highest BCUT2D eigenvalue weighted by Gasteiger charge is 2.27. The van der Waals surface area contributed by atoms with Gasteiger partial charge in [-0.2, -0.15) is 5.10 Å². The second kappa shape index (κ2) is 4.63. The van der Waals surface area contributed by atoms with Gasteiger partial charge in [0.1, 0.15) is 10.8 Å². The zero-order valence-electron chi connectivity index (χ0n) is 9.69. The molecule has 1 fully saturated rings. The Kier molecular flexibility index (Phi) is 3.40. The summed E-state index contributed by atoms with van der Waals surface area (Å²) in [5, 5.41) is 4.77. The van der Waals surface area contributed by atoms with E-state index in [-0.39, 0.29) is 0 Å². The molecule has 2 atom stereocenters. The molecule has 0 aliphatic carbocycles. The molecule has 1 aliphatic heterocycles. The quantitative estimate of drug-likeness (QED) is 0.868. The molecule has 0 spiro atoms. The van der Waals surface area contributed by atoms with Gasteiger partial charge in [-0.3, -0.25) is 0 Å². The van der Waals surface area contributed by atoms with Crippen LogP contribution in [0.25, 0.3) is 0 Å². The minimum absolute atomic E-state index is 0.293. The number of ether oxygens (including phenoxy) is 1. The van der Waals surface area contributed by atoms with Crippen LogP contribution in [0.3, 0.4) is 0 Å². The van der Waals surface area contributed by atoms with Gasteiger partial charge in [0.15, 0.2) is 0 Å². The fourth-order valence-corrected chi connectivity index (χ4v) is 2.27. The Labute approximate surface area is 101 Å². The van der Waals surface area contributed by atoms with E-state index in [1.54, 1.807) is 6.20 Å². The molecule has 4 nitrogen and oxygen atoms in total. The summed E-state index contributed by atoms with van der Waals surface area (Å²) in [4.78, 5) is 0. The molecule has 0 amide bonds. The first-order valence-corrected chi connectivity index (χ1v) is 6.07. The van der Waals surface area contributed by atoms with Gasteiger partial charge in [-0.15, -0.1) is 0 Å². The van der Waals surface area contributed by atoms with Crippen molar-refractivity contribution in [3.8, 4) is 0 Å². The molecule has 1 aromatic rings. The number of aromatic nitrogens is 2. The maximum absolute atomic E-state index is 5.91. The molecule has 2 unspecified atom stereocenters. The molecule has 2 heterocycles. The van der Waals surface area contributed by atoms with Gasteiger partial charge >= 0.3 is 0 Å². The van der Waals surface area contributed by atoms with Crippen LogP contribution >= 0.6 is 11.6 Å². The number of nitrogen functional groups attached to an aromatic ring is 1. The molecule has 0 aromatic carbocycles. The van der Waals surface area contributed by atoms with Crippen molar-refractivity contribution in [1.29, 1.82) is 0 Å². The first-order valence-electron chi connectivity index (χ1n) is 5.69. The van der Waals surface area contributed by atoms with Crippen molar-refractivity contribution in [2.24, 2.45) is 5.92 Å². The van der Waals surface area contributed by atoms with Crippen molar-refractivity contribution in [2.75, 3.05) is 12.3 Å². The van der Waals surface area contributed by atoms with Crippen molar-refractivity contribution in [3.05, 3.63) is 11.2 Å². The van der Waals surface area contributed by atoms with Crippen molar-refractivity contribution >= 4 is 17.4 Å². The van der Waals surface area contributed by atoms with Crippen LogP contribution < -0.4 is 5.73 Å². The van der Waals surface area contributed by atoms with Crippen LogP contribution in [0.15, 0.2) is 6.20 Å². The summed E-state index contributed by atoms with van der Waals surface area (Å²) in [5.41, 5.74) is 5.88. The van der Waals surface area contributed by atoms with Gasteiger partial charge in [-0.05, 0) is 18.8 Å². The highest BCUT2D eigenvalue weighted by Crippen LogP contribution is 2.31. The van der Waals surface area contributed by atoms with Gasteiger partial charge in [-0.1, -0.05) is 25.4 Å². The Hall–Kier alpha value is -0.740. The van der Waals surface area contributed by atoms with Crippen LogP contribution in [0.1, 0.15) is 32.7 Å². The van der Waals surface area contributed by atoms with E-state index < -0.39 is 0 Å². The van der Waals surface area contributed by atoms with E-state index in [0.717, 1.165) is 19.4 Å². The lowest BCUT2D eigenvalue weighted by Crippen LogP contribution is -2.32. The fourth-order valence-electron chi connectivity index (χ4n) is 2.14. The second-order valence-corrected chi connectivity index (χ2v) is 5.06. The lowest BCUT2D eigenvalue weighted by molar-refractivity contribution is -0.0324. The van der Waals surface area contributed by atoms with Crippen molar-refractivity contribution in [1.82, 2.24) is 9.78 Å². The van der Waals surface area contributed by atoms with E-state index >= 15 is 0 Å². The van der Waals surface area contributed by atoms with Gasteiger partial charge in [-0.25, -0.2) is 4.68 Å². The largest absolute Gasteiger partial charge is 0.383 e. The molecular weight excluding hydrogens is 226 g/mol. The van der Waals surface area contributed by atoms with Crippen LogP contribution in [-0.4, -0.2) is 22.5 Å². The predicted octanol–water partition coefficient (Wildman–Crippen LogP) is 2.49. The smallest absolute Gasteiger partial charge is 0.140 e. The third kappa shape index (κ3) is 2.18. The number of hydrogen-bond donors (Lipinski definition) is 1. The number of nitrogens with zero attached hydrogens (tertiary/aromatic N) is 2. The van der Waals surface area contributed by atoms with Crippen molar-refractivity contribution < 1.29 is 4.74 Å². The van der Waals surface area contributed by atoms with E-state index in [9.17, 15) is 0 Å². The average molecular weight is 244 g/mol. The lowest BCUT2D eigenvalue weighted by atomic mass is 9.95. The molecule has 1 aliphatic rings. The summed E-state index contributed by atoms with van der Waals surface area (Å²) in [5.74, 6) is 1.09. The zero-order valence-corrected chi connectivity index (χ0v) is 10.4. The average Bonchev–Trinajstić information content (AvgIpc) is 2.60. The Bertz CT molecular complexity index is 364. The third-order valence-electron chi connectivity index (χ3n) is 3.16. The number of anilines is 1. The standard InChI is InChI=1S/C11H18ClN3O/c1-7(2)10-5-8(3-4-16-10)15-11(13)9(12)6-14-15/h6-8,10H,3-5,13H2,1-2H3. The van der Waals surface area contributed by atoms with E-state index in [1.807, 2.05) is 4.68 Å². The molecular formula is C11H18ClN3O. The van der Waals surface area contributed by atoms with E-state index in [4.69, 9.17) is 22.1 Å². The second-order valence-electron chi connectivity index (χ2n) is 4.65. The van der Waals surface area contributed by atoms with Crippen LogP contribution in [0.5, 0.6) is 0 Å². The molecule has 0 saturated carbocycles. The van der Waals surface area contributed by atoms with Gasteiger partial charge in [0.05, 0.1) is 18.3 Å². The number of halogens is 1. The van der Waals surface area contributed by atoms with Gasteiger partial charge in [0.25, 0.3) is 0 Å². The van der Waals surface area contributed by atoms with Crippen LogP contribution in [-0.2, 0) is 4.74 Å². The molecule has 0 bridgehead atoms. The summed E-state index contributed by atoms with van der Waals surface area (Å²) in [6, 6.07) is 0.314.